The Hall–Kier alpha value is -3.85. The van der Waals surface area contributed by atoms with Crippen molar-refractivity contribution in [1.82, 2.24) is 0 Å². The van der Waals surface area contributed by atoms with Gasteiger partial charge in [-0.25, -0.2) is 0 Å². The topological polar surface area (TPSA) is 240 Å². The predicted octanol–water partition coefficient (Wildman–Crippen LogP) is 15.9. The molecule has 105 heavy (non-hydrogen) atoms. The van der Waals surface area contributed by atoms with Crippen LogP contribution in [-0.2, 0) is 102 Å². The maximum atomic E-state index is 11.8. The van der Waals surface area contributed by atoms with Crippen LogP contribution in [0.1, 0.15) is 259 Å². The number of benzene rings is 4. The molecule has 0 bridgehead atoms. The first kappa shape index (κ1) is 101. The van der Waals surface area contributed by atoms with Crippen LogP contribution in [-0.4, -0.2) is 132 Å². The second kappa shape index (κ2) is 68.2. The zero-order valence-corrected chi connectivity index (χ0v) is 68.6. The summed E-state index contributed by atoms with van der Waals surface area (Å²) in [7, 11) is 0. The van der Waals surface area contributed by atoms with E-state index in [-0.39, 0.29) is 74.6 Å². The van der Waals surface area contributed by atoms with Gasteiger partial charge in [-0.15, -0.1) is 0 Å². The molecule has 0 fully saturated rings. The molecule has 0 saturated heterocycles. The summed E-state index contributed by atoms with van der Waals surface area (Å²) in [6.07, 6.45) is 24.2. The van der Waals surface area contributed by atoms with Gasteiger partial charge in [-0.1, -0.05) is 209 Å². The van der Waals surface area contributed by atoms with Crippen LogP contribution in [0, 0.1) is 0 Å². The van der Waals surface area contributed by atoms with Gasteiger partial charge in [-0.2, -0.15) is 0 Å². The average molecular weight is 1520 g/mol. The zero-order chi connectivity index (χ0) is 76.4. The van der Waals surface area contributed by atoms with E-state index in [4.69, 9.17) is 76.4 Å². The maximum absolute atomic E-state index is 11.8. The van der Waals surface area contributed by atoms with E-state index in [1.165, 1.54) is 0 Å². The molecule has 0 atom stereocenters. The second-order valence-electron chi connectivity index (χ2n) is 26.5. The molecule has 0 unspecified atom stereocenters. The van der Waals surface area contributed by atoms with Crippen molar-refractivity contribution >= 4 is 0 Å². The summed E-state index contributed by atoms with van der Waals surface area (Å²) in [5.41, 5.74) is -1.72. The van der Waals surface area contributed by atoms with Crippen molar-refractivity contribution in [3.63, 3.8) is 0 Å². The van der Waals surface area contributed by atoms with E-state index in [0.29, 0.717) is 79.3 Å². The molecule has 0 aromatic heterocycles. The third-order valence-electron chi connectivity index (χ3n) is 17.0. The van der Waals surface area contributed by atoms with E-state index >= 15 is 0 Å². The minimum absolute atomic E-state index is 0. The van der Waals surface area contributed by atoms with E-state index in [1.807, 2.05) is 97.1 Å². The molecule has 4 aromatic carbocycles. The molecule has 0 aliphatic rings. The summed E-state index contributed by atoms with van der Waals surface area (Å²) in [6.45, 7) is 34.1. The first-order valence-corrected chi connectivity index (χ1v) is 39.7. The predicted molar refractivity (Wildman–Crippen MR) is 404 cm³/mol. The molecular formula is C84H140O20Ti. The third-order valence-corrected chi connectivity index (χ3v) is 17.0. The van der Waals surface area contributed by atoms with Gasteiger partial charge in [0.05, 0.1) is 79.3 Å². The van der Waals surface area contributed by atoms with Crippen LogP contribution in [0.15, 0.2) is 97.1 Å². The summed E-state index contributed by atoms with van der Waals surface area (Å²) in [6, 6.07) is 30.0. The molecule has 0 spiro atoms. The van der Waals surface area contributed by atoms with E-state index in [1.54, 1.807) is 0 Å². The fourth-order valence-corrected chi connectivity index (χ4v) is 9.90. The van der Waals surface area contributed by atoms with Crippen molar-refractivity contribution in [3.8, 4) is 23.0 Å². The fourth-order valence-electron chi connectivity index (χ4n) is 9.90. The molecule has 600 valence electrons. The van der Waals surface area contributed by atoms with Crippen LogP contribution >= 0.6 is 0 Å². The Bertz CT molecular complexity index is 2160. The summed E-state index contributed by atoms with van der Waals surface area (Å²) >= 11 is 0. The first-order chi connectivity index (χ1) is 50.9. The van der Waals surface area contributed by atoms with Gasteiger partial charge in [0.2, 0.25) is 0 Å². The van der Waals surface area contributed by atoms with Gasteiger partial charge in [0.15, 0.2) is 0 Å². The van der Waals surface area contributed by atoms with Crippen LogP contribution < -0.4 is 40.0 Å². The molecule has 0 aliphatic heterocycles. The Kier molecular flexibility index (Phi) is 65.7. The van der Waals surface area contributed by atoms with Gasteiger partial charge >= 0.3 is 21.7 Å². The number of hydrogen-bond acceptors (Lipinski definition) is 20. The van der Waals surface area contributed by atoms with Crippen molar-refractivity contribution in [2.24, 2.45) is 0 Å². The Labute approximate surface area is 649 Å². The number of hydrogen-bond donors (Lipinski definition) is 0. The monoisotopic (exact) mass is 1520 g/mol. The van der Waals surface area contributed by atoms with Gasteiger partial charge in [0.1, 0.15) is 45.4 Å². The molecule has 4 rings (SSSR count). The van der Waals surface area contributed by atoms with Crippen molar-refractivity contribution < 1.29 is 119 Å². The SMILES string of the molecule is CCCCOCC(COCCCC)(O[O-])c1cccc(OCCCC)c1.CCCCOCC(COCCCC)(O[O-])c1cccc(OCCCC)c1.CCCCOCC(COCCCC)(O[O-])c1cccc(OCCCC)c1.CCCCOCC(COCCCC)(O[O-])c1cccc(OCCCC)c1.[Ti+4]. The van der Waals surface area contributed by atoms with Gasteiger partial charge in [-0.3, -0.25) is 0 Å². The van der Waals surface area contributed by atoms with Crippen molar-refractivity contribution in [2.75, 3.05) is 132 Å². The quantitative estimate of drug-likeness (QED) is 0.0173. The van der Waals surface area contributed by atoms with E-state index in [9.17, 15) is 21.0 Å². The van der Waals surface area contributed by atoms with Gasteiger partial charge in [0.25, 0.3) is 0 Å². The van der Waals surface area contributed by atoms with Gasteiger partial charge < -0.3 is 97.4 Å². The van der Waals surface area contributed by atoms with Crippen LogP contribution in [0.2, 0.25) is 0 Å². The van der Waals surface area contributed by atoms with Crippen LogP contribution in [0.25, 0.3) is 0 Å². The molecular weight excluding hydrogens is 1380 g/mol. The summed E-state index contributed by atoms with van der Waals surface area (Å²) < 4.78 is 69.0. The van der Waals surface area contributed by atoms with Crippen LogP contribution in [0.5, 0.6) is 23.0 Å². The summed E-state index contributed by atoms with van der Waals surface area (Å²) in [5.74, 6) is 2.94. The smallest absolute Gasteiger partial charge is 0.722 e. The molecule has 20 nitrogen and oxygen atoms in total. The van der Waals surface area contributed by atoms with Crippen LogP contribution in [0.4, 0.5) is 0 Å². The molecule has 0 amide bonds. The normalized spacial score (nSPS) is 11.6. The Morgan fingerprint density at radius 2 is 0.362 bits per heavy atom. The third kappa shape index (κ3) is 44.0. The minimum Gasteiger partial charge on any atom is -0.722 e. The molecule has 21 heteroatoms. The minimum atomic E-state index is -1.16. The molecule has 0 saturated carbocycles. The van der Waals surface area contributed by atoms with E-state index in [0.717, 1.165) is 199 Å². The molecule has 0 N–H and O–H groups in total. The van der Waals surface area contributed by atoms with Crippen molar-refractivity contribution in [2.45, 2.75) is 260 Å². The van der Waals surface area contributed by atoms with Gasteiger partial charge in [-0.05, 0) is 148 Å². The molecule has 0 heterocycles. The second-order valence-corrected chi connectivity index (χ2v) is 26.5. The van der Waals surface area contributed by atoms with Crippen molar-refractivity contribution in [3.05, 3.63) is 119 Å². The average Bonchev–Trinajstić information content (AvgIpc) is 0.839. The Morgan fingerprint density at radius 3 is 0.495 bits per heavy atom. The van der Waals surface area contributed by atoms with E-state index < -0.39 is 22.4 Å². The first-order valence-electron chi connectivity index (χ1n) is 39.7. The van der Waals surface area contributed by atoms with Gasteiger partial charge in [0, 0.05) is 52.9 Å². The molecule has 0 radical (unpaired) electrons. The fraction of sp³-hybridized carbons (Fsp3) is 0.714. The molecule has 4 aromatic rings. The number of rotatable bonds is 64. The molecule has 0 aliphatic carbocycles. The standard InChI is InChI=1S/4C21H36O5.Ti/c4*1-4-7-13-23-17-21(26-22,18-24-14-8-5-2)19-11-10-12-20(16-19)25-15-9-6-3;/h4*10-12,16,22H,4-9,13-15,17-18H2,1-3H3;/q;;;;+4/p-4. The Morgan fingerprint density at radius 1 is 0.219 bits per heavy atom. The Balaban J connectivity index is 0.00000137. The summed E-state index contributed by atoms with van der Waals surface area (Å²) in [5, 5.41) is 47.0. The van der Waals surface area contributed by atoms with Crippen LogP contribution in [0.3, 0.4) is 0 Å². The summed E-state index contributed by atoms with van der Waals surface area (Å²) in [4.78, 5) is 18.8. The largest absolute Gasteiger partial charge is 4.00 e. The number of unbranched alkanes of at least 4 members (excludes halogenated alkanes) is 12. The van der Waals surface area contributed by atoms with Crippen molar-refractivity contribution in [1.29, 1.82) is 0 Å². The maximum Gasteiger partial charge on any atom is 4.00 e. The number of ether oxygens (including phenoxy) is 12. The van der Waals surface area contributed by atoms with E-state index in [2.05, 4.69) is 83.1 Å². The zero-order valence-electron chi connectivity index (χ0n) is 67.0.